The van der Waals surface area contributed by atoms with Gasteiger partial charge in [-0.1, -0.05) is 31.2 Å². The molecule has 1 saturated carbocycles. The molecule has 0 aliphatic heterocycles. The van der Waals surface area contributed by atoms with Gasteiger partial charge in [-0.25, -0.2) is 0 Å². The van der Waals surface area contributed by atoms with Crippen LogP contribution < -0.4 is 10.5 Å². The Labute approximate surface area is 101 Å². The van der Waals surface area contributed by atoms with E-state index in [0.717, 1.165) is 12.2 Å². The lowest BCUT2D eigenvalue weighted by Gasteiger charge is -2.11. The molecule has 0 amide bonds. The maximum Gasteiger partial charge on any atom is 0.119 e. The van der Waals surface area contributed by atoms with Crippen molar-refractivity contribution in [1.29, 1.82) is 0 Å². The van der Waals surface area contributed by atoms with Crippen molar-refractivity contribution >= 4 is 10.8 Å². The predicted octanol–water partition coefficient (Wildman–Crippen LogP) is 2.84. The monoisotopic (exact) mass is 227 g/mol. The Morgan fingerprint density at radius 3 is 2.47 bits per heavy atom. The quantitative estimate of drug-likeness (QED) is 0.856. The van der Waals surface area contributed by atoms with Crippen molar-refractivity contribution in [2.45, 2.75) is 24.8 Å². The average molecular weight is 227 g/mol. The Kier molecular flexibility index (Phi) is 2.17. The molecule has 2 aromatic carbocycles. The van der Waals surface area contributed by atoms with Crippen LogP contribution in [-0.4, -0.2) is 13.2 Å². The topological polar surface area (TPSA) is 35.2 Å². The van der Waals surface area contributed by atoms with Crippen LogP contribution in [0.3, 0.4) is 0 Å². The van der Waals surface area contributed by atoms with Crippen LogP contribution in [0.2, 0.25) is 0 Å². The largest absolute Gasteiger partial charge is 0.497 e. The van der Waals surface area contributed by atoms with Gasteiger partial charge in [0.2, 0.25) is 0 Å². The fraction of sp³-hybridized carbons (Fsp3) is 0.333. The average Bonchev–Trinajstić information content (AvgIpc) is 2.97. The number of fused-ring (bicyclic) bond motifs is 1. The molecule has 0 saturated heterocycles. The van der Waals surface area contributed by atoms with E-state index in [-0.39, 0.29) is 5.41 Å². The molecular formula is C15H17NO. The van der Waals surface area contributed by atoms with Gasteiger partial charge in [-0.2, -0.15) is 0 Å². The van der Waals surface area contributed by atoms with E-state index in [1.54, 1.807) is 7.11 Å². The molecule has 0 heterocycles. The second kappa shape index (κ2) is 3.47. The number of methoxy groups -OCH3 is 1. The normalized spacial score (nSPS) is 27.1. The van der Waals surface area contributed by atoms with Gasteiger partial charge in [0.1, 0.15) is 5.75 Å². The number of hydrogen-bond acceptors (Lipinski definition) is 2. The lowest BCUT2D eigenvalue weighted by Crippen LogP contribution is -2.14. The highest BCUT2D eigenvalue weighted by atomic mass is 16.5. The molecule has 0 radical (unpaired) electrons. The van der Waals surface area contributed by atoms with Gasteiger partial charge >= 0.3 is 0 Å². The van der Waals surface area contributed by atoms with Gasteiger partial charge in [0.25, 0.3) is 0 Å². The van der Waals surface area contributed by atoms with E-state index >= 15 is 0 Å². The Morgan fingerprint density at radius 1 is 1.18 bits per heavy atom. The Hall–Kier alpha value is -1.54. The van der Waals surface area contributed by atoms with Gasteiger partial charge in [-0.05, 0) is 34.9 Å². The van der Waals surface area contributed by atoms with E-state index in [1.165, 1.54) is 16.3 Å². The zero-order valence-corrected chi connectivity index (χ0v) is 10.2. The Balaban J connectivity index is 2.08. The maximum atomic E-state index is 6.00. The maximum absolute atomic E-state index is 6.00. The van der Waals surface area contributed by atoms with Crippen LogP contribution in [-0.2, 0) is 5.41 Å². The summed E-state index contributed by atoms with van der Waals surface area (Å²) in [6, 6.07) is 13.1. The molecule has 1 aliphatic carbocycles. The van der Waals surface area contributed by atoms with Crippen LogP contribution in [0, 0.1) is 0 Å². The van der Waals surface area contributed by atoms with E-state index < -0.39 is 0 Å². The smallest absolute Gasteiger partial charge is 0.119 e. The van der Waals surface area contributed by atoms with Crippen molar-refractivity contribution in [3.05, 3.63) is 42.0 Å². The predicted molar refractivity (Wildman–Crippen MR) is 70.4 cm³/mol. The first-order valence-corrected chi connectivity index (χ1v) is 5.97. The summed E-state index contributed by atoms with van der Waals surface area (Å²) in [5.74, 6) is 0.902. The number of ether oxygens (including phenoxy) is 1. The minimum atomic E-state index is 0.189. The summed E-state index contributed by atoms with van der Waals surface area (Å²) in [5.41, 5.74) is 7.54. The van der Waals surface area contributed by atoms with Crippen LogP contribution in [0.1, 0.15) is 18.9 Å². The first-order valence-electron chi connectivity index (χ1n) is 5.97. The fourth-order valence-corrected chi connectivity index (χ4v) is 2.44. The highest BCUT2D eigenvalue weighted by Crippen LogP contribution is 2.47. The number of rotatable bonds is 2. The highest BCUT2D eigenvalue weighted by molar-refractivity contribution is 5.85. The second-order valence-corrected chi connectivity index (χ2v) is 5.16. The molecule has 0 spiro atoms. The molecule has 1 aliphatic rings. The van der Waals surface area contributed by atoms with E-state index in [9.17, 15) is 0 Å². The Morgan fingerprint density at radius 2 is 1.82 bits per heavy atom. The number of nitrogens with two attached hydrogens (primary N) is 1. The standard InChI is InChI=1S/C15H17NO/c1-15(9-14(15)16)12-5-3-11-8-13(17-2)6-4-10(11)7-12/h3-8,14H,9,16H2,1-2H3. The third-order valence-electron chi connectivity index (χ3n) is 4.01. The summed E-state index contributed by atoms with van der Waals surface area (Å²) in [4.78, 5) is 0. The minimum absolute atomic E-state index is 0.189. The van der Waals surface area contributed by atoms with Crippen LogP contribution in [0.25, 0.3) is 10.8 Å². The fourth-order valence-electron chi connectivity index (χ4n) is 2.44. The van der Waals surface area contributed by atoms with Gasteiger partial charge in [0.15, 0.2) is 0 Å². The number of hydrogen-bond donors (Lipinski definition) is 1. The lowest BCUT2D eigenvalue weighted by molar-refractivity contribution is 0.415. The van der Waals surface area contributed by atoms with Crippen LogP contribution in [0.4, 0.5) is 0 Å². The molecule has 3 rings (SSSR count). The van der Waals surface area contributed by atoms with E-state index in [1.807, 2.05) is 6.07 Å². The SMILES string of the molecule is COc1ccc2cc(C3(C)CC3N)ccc2c1. The zero-order valence-electron chi connectivity index (χ0n) is 10.2. The molecule has 1 fully saturated rings. The highest BCUT2D eigenvalue weighted by Gasteiger charge is 2.48. The molecule has 2 heteroatoms. The zero-order chi connectivity index (χ0) is 12.0. The first kappa shape index (κ1) is 10.6. The molecular weight excluding hydrogens is 210 g/mol. The van der Waals surface area contributed by atoms with Crippen LogP contribution in [0.5, 0.6) is 5.75 Å². The van der Waals surface area contributed by atoms with Gasteiger partial charge < -0.3 is 10.5 Å². The third kappa shape index (κ3) is 1.60. The second-order valence-electron chi connectivity index (χ2n) is 5.16. The van der Waals surface area contributed by atoms with Crippen molar-refractivity contribution in [3.8, 4) is 5.75 Å². The van der Waals surface area contributed by atoms with E-state index in [0.29, 0.717) is 6.04 Å². The van der Waals surface area contributed by atoms with Gasteiger partial charge in [0.05, 0.1) is 7.11 Å². The summed E-state index contributed by atoms with van der Waals surface area (Å²) >= 11 is 0. The molecule has 88 valence electrons. The molecule has 2 nitrogen and oxygen atoms in total. The molecule has 0 aromatic heterocycles. The molecule has 2 aromatic rings. The summed E-state index contributed by atoms with van der Waals surface area (Å²) < 4.78 is 5.23. The van der Waals surface area contributed by atoms with E-state index in [4.69, 9.17) is 10.5 Å². The number of benzene rings is 2. The molecule has 2 unspecified atom stereocenters. The van der Waals surface area contributed by atoms with Gasteiger partial charge in [0, 0.05) is 11.5 Å². The van der Waals surface area contributed by atoms with Crippen molar-refractivity contribution in [3.63, 3.8) is 0 Å². The van der Waals surface area contributed by atoms with E-state index in [2.05, 4.69) is 37.3 Å². The Bertz CT molecular complexity index is 578. The molecule has 0 bridgehead atoms. The molecule has 17 heavy (non-hydrogen) atoms. The summed E-state index contributed by atoms with van der Waals surface area (Å²) in [5, 5.41) is 2.47. The molecule has 2 atom stereocenters. The summed E-state index contributed by atoms with van der Waals surface area (Å²) in [7, 11) is 1.69. The molecule has 2 N–H and O–H groups in total. The van der Waals surface area contributed by atoms with Crippen LogP contribution in [0.15, 0.2) is 36.4 Å². The summed E-state index contributed by atoms with van der Waals surface area (Å²) in [6.07, 6.45) is 1.09. The summed E-state index contributed by atoms with van der Waals surface area (Å²) in [6.45, 7) is 2.24. The van der Waals surface area contributed by atoms with Crippen molar-refractivity contribution in [2.75, 3.05) is 7.11 Å². The van der Waals surface area contributed by atoms with Gasteiger partial charge in [-0.15, -0.1) is 0 Å². The van der Waals surface area contributed by atoms with Crippen molar-refractivity contribution in [1.82, 2.24) is 0 Å². The van der Waals surface area contributed by atoms with Gasteiger partial charge in [-0.3, -0.25) is 0 Å². The lowest BCUT2D eigenvalue weighted by atomic mass is 9.95. The third-order valence-corrected chi connectivity index (χ3v) is 4.01. The first-order chi connectivity index (χ1) is 8.13. The van der Waals surface area contributed by atoms with Crippen LogP contribution >= 0.6 is 0 Å². The van der Waals surface area contributed by atoms with Crippen molar-refractivity contribution < 1.29 is 4.74 Å². The minimum Gasteiger partial charge on any atom is -0.497 e. The van der Waals surface area contributed by atoms with Crippen molar-refractivity contribution in [2.24, 2.45) is 5.73 Å².